The smallest absolute Gasteiger partial charge is 0.143 e. The van der Waals surface area contributed by atoms with Crippen molar-refractivity contribution < 1.29 is 0 Å². The number of rotatable bonds is 1. The molecule has 3 nitrogen and oxygen atoms in total. The predicted molar refractivity (Wildman–Crippen MR) is 66.2 cm³/mol. The van der Waals surface area contributed by atoms with Gasteiger partial charge < -0.3 is 10.2 Å². The number of halogens is 1. The van der Waals surface area contributed by atoms with E-state index >= 15 is 0 Å². The number of anilines is 1. The fourth-order valence-corrected chi connectivity index (χ4v) is 2.39. The molecule has 2 atom stereocenters. The Labute approximate surface area is 99.0 Å². The van der Waals surface area contributed by atoms with Gasteiger partial charge in [-0.1, -0.05) is 0 Å². The van der Waals surface area contributed by atoms with Gasteiger partial charge in [0, 0.05) is 31.4 Å². The quantitative estimate of drug-likeness (QED) is 0.846. The highest BCUT2D eigenvalue weighted by Gasteiger charge is 2.24. The molecule has 0 amide bonds. The summed E-state index contributed by atoms with van der Waals surface area (Å²) in [5.41, 5.74) is 0. The minimum Gasteiger partial charge on any atom is -0.350 e. The van der Waals surface area contributed by atoms with Crippen molar-refractivity contribution >= 4 is 21.7 Å². The van der Waals surface area contributed by atoms with Gasteiger partial charge in [-0.15, -0.1) is 0 Å². The number of nitrogens with one attached hydrogen (secondary N) is 1. The van der Waals surface area contributed by atoms with Crippen LogP contribution in [0.4, 0.5) is 5.82 Å². The van der Waals surface area contributed by atoms with E-state index < -0.39 is 0 Å². The van der Waals surface area contributed by atoms with Gasteiger partial charge >= 0.3 is 0 Å². The third-order valence-electron chi connectivity index (χ3n) is 2.78. The van der Waals surface area contributed by atoms with E-state index in [0.717, 1.165) is 23.4 Å². The molecule has 0 saturated carbocycles. The average Bonchev–Trinajstić information content (AvgIpc) is 2.23. The van der Waals surface area contributed by atoms with Gasteiger partial charge in [-0.2, -0.15) is 0 Å². The van der Waals surface area contributed by atoms with E-state index in [0.29, 0.717) is 12.1 Å². The molecule has 1 aromatic heterocycles. The average molecular weight is 270 g/mol. The van der Waals surface area contributed by atoms with Crippen molar-refractivity contribution in [3.05, 3.63) is 22.8 Å². The van der Waals surface area contributed by atoms with Crippen LogP contribution in [0.1, 0.15) is 13.8 Å². The number of nitrogens with zero attached hydrogens (tertiary/aromatic N) is 2. The Balaban J connectivity index is 2.25. The van der Waals surface area contributed by atoms with E-state index in [4.69, 9.17) is 0 Å². The molecule has 1 aliphatic rings. The second kappa shape index (κ2) is 4.49. The Kier molecular flexibility index (Phi) is 3.26. The van der Waals surface area contributed by atoms with Crippen LogP contribution >= 0.6 is 15.9 Å². The lowest BCUT2D eigenvalue weighted by Crippen LogP contribution is -2.54. The molecular formula is C11H16BrN3. The molecule has 1 N–H and O–H groups in total. The molecule has 0 aliphatic carbocycles. The topological polar surface area (TPSA) is 28.2 Å². The highest BCUT2D eigenvalue weighted by atomic mass is 79.9. The van der Waals surface area contributed by atoms with Crippen molar-refractivity contribution in [2.24, 2.45) is 0 Å². The lowest BCUT2D eigenvalue weighted by Gasteiger charge is -2.38. The molecule has 82 valence electrons. The van der Waals surface area contributed by atoms with Gasteiger partial charge in [0.25, 0.3) is 0 Å². The zero-order valence-corrected chi connectivity index (χ0v) is 10.7. The van der Waals surface area contributed by atoms with E-state index in [1.807, 2.05) is 18.3 Å². The van der Waals surface area contributed by atoms with Crippen molar-refractivity contribution in [3.8, 4) is 0 Å². The molecule has 0 aromatic carbocycles. The van der Waals surface area contributed by atoms with E-state index in [9.17, 15) is 0 Å². The summed E-state index contributed by atoms with van der Waals surface area (Å²) in [7, 11) is 0. The van der Waals surface area contributed by atoms with Crippen LogP contribution in [0.15, 0.2) is 22.8 Å². The molecule has 1 aromatic rings. The van der Waals surface area contributed by atoms with Crippen molar-refractivity contribution in [1.29, 1.82) is 0 Å². The maximum Gasteiger partial charge on any atom is 0.143 e. The van der Waals surface area contributed by atoms with Crippen molar-refractivity contribution in [2.45, 2.75) is 25.9 Å². The van der Waals surface area contributed by atoms with Crippen LogP contribution in [-0.4, -0.2) is 30.2 Å². The van der Waals surface area contributed by atoms with Crippen molar-refractivity contribution in [3.63, 3.8) is 0 Å². The number of aromatic nitrogens is 1. The molecule has 1 saturated heterocycles. The van der Waals surface area contributed by atoms with Crippen LogP contribution in [0.25, 0.3) is 0 Å². The molecule has 0 radical (unpaired) electrons. The minimum atomic E-state index is 0.493. The van der Waals surface area contributed by atoms with Crippen LogP contribution < -0.4 is 10.2 Å². The summed E-state index contributed by atoms with van der Waals surface area (Å²) in [6.07, 6.45) is 1.85. The fourth-order valence-electron chi connectivity index (χ4n) is 1.91. The highest BCUT2D eigenvalue weighted by molar-refractivity contribution is 9.10. The Morgan fingerprint density at radius 1 is 1.53 bits per heavy atom. The summed E-state index contributed by atoms with van der Waals surface area (Å²) in [5, 5.41) is 3.47. The standard InChI is InChI=1S/C11H16BrN3/c1-8-7-15(9(2)6-14-8)11-10(12)4-3-5-13-11/h3-5,8-9,14H,6-7H2,1-2H3. The Morgan fingerprint density at radius 2 is 2.33 bits per heavy atom. The second-order valence-corrected chi connectivity index (χ2v) is 4.97. The highest BCUT2D eigenvalue weighted by Crippen LogP contribution is 2.25. The van der Waals surface area contributed by atoms with Gasteiger partial charge in [0.05, 0.1) is 4.47 Å². The summed E-state index contributed by atoms with van der Waals surface area (Å²) in [6.45, 7) is 6.46. The maximum absolute atomic E-state index is 4.44. The van der Waals surface area contributed by atoms with Crippen LogP contribution in [-0.2, 0) is 0 Å². The molecule has 0 bridgehead atoms. The fraction of sp³-hybridized carbons (Fsp3) is 0.545. The van der Waals surface area contributed by atoms with Gasteiger partial charge in [0.1, 0.15) is 5.82 Å². The van der Waals surface area contributed by atoms with Gasteiger partial charge in [0.2, 0.25) is 0 Å². The molecule has 2 rings (SSSR count). The predicted octanol–water partition coefficient (Wildman–Crippen LogP) is 2.03. The second-order valence-electron chi connectivity index (χ2n) is 4.12. The number of pyridine rings is 1. The lowest BCUT2D eigenvalue weighted by molar-refractivity contribution is 0.422. The Morgan fingerprint density at radius 3 is 3.07 bits per heavy atom. The van der Waals surface area contributed by atoms with Crippen molar-refractivity contribution in [1.82, 2.24) is 10.3 Å². The molecule has 0 spiro atoms. The van der Waals surface area contributed by atoms with E-state index in [1.54, 1.807) is 0 Å². The monoisotopic (exact) mass is 269 g/mol. The molecule has 4 heteroatoms. The summed E-state index contributed by atoms with van der Waals surface area (Å²) in [5.74, 6) is 1.05. The van der Waals surface area contributed by atoms with E-state index in [1.165, 1.54) is 0 Å². The molecule has 2 unspecified atom stereocenters. The van der Waals surface area contributed by atoms with Crippen LogP contribution in [0.5, 0.6) is 0 Å². The third-order valence-corrected chi connectivity index (χ3v) is 3.39. The SMILES string of the molecule is CC1CN(c2ncccc2Br)C(C)CN1. The molecular weight excluding hydrogens is 254 g/mol. The van der Waals surface area contributed by atoms with Gasteiger partial charge in [-0.05, 0) is 41.9 Å². The van der Waals surface area contributed by atoms with E-state index in [2.05, 4.69) is 45.0 Å². The Bertz CT molecular complexity index is 342. The lowest BCUT2D eigenvalue weighted by atomic mass is 10.1. The van der Waals surface area contributed by atoms with Crippen LogP contribution in [0.3, 0.4) is 0 Å². The first-order chi connectivity index (χ1) is 7.18. The first-order valence-corrected chi connectivity index (χ1v) is 6.08. The zero-order valence-electron chi connectivity index (χ0n) is 9.07. The Hall–Kier alpha value is -0.610. The molecule has 1 fully saturated rings. The summed E-state index contributed by atoms with van der Waals surface area (Å²) < 4.78 is 1.07. The number of piperazine rings is 1. The molecule has 2 heterocycles. The first-order valence-electron chi connectivity index (χ1n) is 5.29. The minimum absolute atomic E-state index is 0.493. The van der Waals surface area contributed by atoms with Gasteiger partial charge in [-0.25, -0.2) is 4.98 Å². The van der Waals surface area contributed by atoms with Gasteiger partial charge in [-0.3, -0.25) is 0 Å². The number of hydrogen-bond donors (Lipinski definition) is 1. The largest absolute Gasteiger partial charge is 0.350 e. The third kappa shape index (κ3) is 2.32. The normalized spacial score (nSPS) is 26.7. The summed E-state index contributed by atoms with van der Waals surface area (Å²) in [4.78, 5) is 6.79. The molecule has 15 heavy (non-hydrogen) atoms. The van der Waals surface area contributed by atoms with Crippen molar-refractivity contribution in [2.75, 3.05) is 18.0 Å². The zero-order chi connectivity index (χ0) is 10.8. The summed E-state index contributed by atoms with van der Waals surface area (Å²) >= 11 is 3.55. The van der Waals surface area contributed by atoms with E-state index in [-0.39, 0.29) is 0 Å². The maximum atomic E-state index is 4.44. The first kappa shape index (κ1) is 10.9. The number of hydrogen-bond acceptors (Lipinski definition) is 3. The van der Waals surface area contributed by atoms with Crippen LogP contribution in [0, 0.1) is 0 Å². The molecule has 1 aliphatic heterocycles. The van der Waals surface area contributed by atoms with Crippen LogP contribution in [0.2, 0.25) is 0 Å². The summed E-state index contributed by atoms with van der Waals surface area (Å²) in [6, 6.07) is 5.01. The van der Waals surface area contributed by atoms with Gasteiger partial charge in [0.15, 0.2) is 0 Å².